The molecular weight excluding hydrogens is 440 g/mol. The molecule has 0 N–H and O–H groups in total. The maximum absolute atomic E-state index is 14.2. The van der Waals surface area contributed by atoms with Crippen LogP contribution < -0.4 is 0 Å². The Morgan fingerprint density at radius 2 is 1.38 bits per heavy atom. The molecule has 166 valence electrons. The number of hydrogen-bond acceptors (Lipinski definition) is 5. The molecule has 0 saturated carbocycles. The first kappa shape index (κ1) is 21.9. The average molecular weight is 463 g/mol. The number of Topliss-reactive ketones (excluding diaryl/α,β-unsaturated/α-hetero) is 2. The maximum Gasteiger partial charge on any atom is 0.180 e. The molecule has 0 radical (unpaired) electrons. The fraction of sp³-hybridized carbons (Fsp3) is 0.103. The standard InChI is InChI=1S/C29H22N2O2S/c1-19(24-17-10-18-34-24)30-31-27-22-15-8-9-16-23(22)28(32)26(27)29(33)25(20-11-4-2-5-12-20)21-13-6-3-7-14-21/h2-18,25-26H,1H3. The lowest BCUT2D eigenvalue weighted by atomic mass is 9.80. The van der Waals surface area contributed by atoms with Crippen LogP contribution in [0, 0.1) is 5.92 Å². The Morgan fingerprint density at radius 3 is 1.97 bits per heavy atom. The van der Waals surface area contributed by atoms with E-state index >= 15 is 0 Å². The van der Waals surface area contributed by atoms with Gasteiger partial charge in [-0.1, -0.05) is 91.0 Å². The monoisotopic (exact) mass is 462 g/mol. The fourth-order valence-corrected chi connectivity index (χ4v) is 5.05. The SMILES string of the molecule is CC(=NN=C1c2ccccc2C(=O)C1C(=O)C(c1ccccc1)c1ccccc1)c1cccs1. The summed E-state index contributed by atoms with van der Waals surface area (Å²) in [7, 11) is 0. The molecule has 1 atom stereocenters. The van der Waals surface area contributed by atoms with Gasteiger partial charge in [0.05, 0.1) is 22.2 Å². The maximum atomic E-state index is 14.2. The highest BCUT2D eigenvalue weighted by molar-refractivity contribution is 7.12. The summed E-state index contributed by atoms with van der Waals surface area (Å²) in [5.74, 6) is -2.01. The van der Waals surface area contributed by atoms with Crippen LogP contribution in [0.25, 0.3) is 0 Å². The zero-order chi connectivity index (χ0) is 23.5. The van der Waals surface area contributed by atoms with Gasteiger partial charge < -0.3 is 0 Å². The molecule has 1 aromatic heterocycles. The van der Waals surface area contributed by atoms with Crippen molar-refractivity contribution >= 4 is 34.3 Å². The first-order valence-electron chi connectivity index (χ1n) is 11.1. The normalized spacial score (nSPS) is 16.8. The van der Waals surface area contributed by atoms with Gasteiger partial charge in [-0.15, -0.1) is 11.3 Å². The molecule has 4 aromatic rings. The van der Waals surface area contributed by atoms with Gasteiger partial charge in [0.1, 0.15) is 5.92 Å². The summed E-state index contributed by atoms with van der Waals surface area (Å²) < 4.78 is 0. The van der Waals surface area contributed by atoms with Crippen molar-refractivity contribution in [1.29, 1.82) is 0 Å². The molecule has 5 heteroatoms. The Morgan fingerprint density at radius 1 is 0.794 bits per heavy atom. The molecule has 1 aliphatic rings. The van der Waals surface area contributed by atoms with Crippen molar-refractivity contribution in [2.45, 2.75) is 12.8 Å². The molecular formula is C29H22N2O2S. The second kappa shape index (κ2) is 9.49. The van der Waals surface area contributed by atoms with Gasteiger partial charge >= 0.3 is 0 Å². The smallest absolute Gasteiger partial charge is 0.180 e. The molecule has 5 rings (SSSR count). The predicted molar refractivity (Wildman–Crippen MR) is 137 cm³/mol. The van der Waals surface area contributed by atoms with E-state index in [2.05, 4.69) is 10.2 Å². The third-order valence-electron chi connectivity index (χ3n) is 6.02. The number of nitrogens with zero attached hydrogens (tertiary/aromatic N) is 2. The Hall–Kier alpha value is -3.96. The first-order valence-corrected chi connectivity index (χ1v) is 12.0. The minimum atomic E-state index is -1.01. The first-order chi connectivity index (χ1) is 16.6. The fourth-order valence-electron chi connectivity index (χ4n) is 4.37. The summed E-state index contributed by atoms with van der Waals surface area (Å²) in [5, 5.41) is 10.9. The molecule has 3 aromatic carbocycles. The van der Waals surface area contributed by atoms with E-state index < -0.39 is 11.8 Å². The van der Waals surface area contributed by atoms with Crippen molar-refractivity contribution in [1.82, 2.24) is 0 Å². The lowest BCUT2D eigenvalue weighted by molar-refractivity contribution is -0.120. The minimum absolute atomic E-state index is 0.193. The number of benzene rings is 3. The molecule has 0 aliphatic heterocycles. The molecule has 0 spiro atoms. The molecule has 0 saturated heterocycles. The molecule has 4 nitrogen and oxygen atoms in total. The number of carbonyl (C=O) groups is 2. The van der Waals surface area contributed by atoms with Crippen LogP contribution in [0.1, 0.15) is 44.8 Å². The van der Waals surface area contributed by atoms with Crippen molar-refractivity contribution in [3.8, 4) is 0 Å². The van der Waals surface area contributed by atoms with E-state index in [0.717, 1.165) is 21.7 Å². The van der Waals surface area contributed by atoms with E-state index in [9.17, 15) is 9.59 Å². The van der Waals surface area contributed by atoms with Crippen LogP contribution in [0.4, 0.5) is 0 Å². The quantitative estimate of drug-likeness (QED) is 0.195. The van der Waals surface area contributed by atoms with E-state index in [1.54, 1.807) is 17.4 Å². The van der Waals surface area contributed by atoms with Crippen LogP contribution in [0.15, 0.2) is 113 Å². The summed E-state index contributed by atoms with van der Waals surface area (Å²) in [4.78, 5) is 28.7. The number of ketones is 2. The number of rotatable bonds is 6. The highest BCUT2D eigenvalue weighted by Gasteiger charge is 2.44. The van der Waals surface area contributed by atoms with Gasteiger partial charge in [0.15, 0.2) is 11.6 Å². The van der Waals surface area contributed by atoms with Gasteiger partial charge in [-0.25, -0.2) is 0 Å². The van der Waals surface area contributed by atoms with Crippen molar-refractivity contribution in [2.24, 2.45) is 16.1 Å². The zero-order valence-electron chi connectivity index (χ0n) is 18.6. The number of carbonyl (C=O) groups excluding carboxylic acids is 2. The van der Waals surface area contributed by atoms with Crippen molar-refractivity contribution in [3.05, 3.63) is 130 Å². The largest absolute Gasteiger partial charge is 0.297 e. The van der Waals surface area contributed by atoms with Gasteiger partial charge in [0.2, 0.25) is 0 Å². The van der Waals surface area contributed by atoms with E-state index in [1.807, 2.05) is 103 Å². The lowest BCUT2D eigenvalue weighted by Gasteiger charge is -2.20. The Balaban J connectivity index is 1.62. The predicted octanol–water partition coefficient (Wildman–Crippen LogP) is 6.18. The zero-order valence-corrected chi connectivity index (χ0v) is 19.4. The molecule has 1 aliphatic carbocycles. The van der Waals surface area contributed by atoms with E-state index in [-0.39, 0.29) is 11.6 Å². The number of thiophene rings is 1. The summed E-state index contributed by atoms with van der Waals surface area (Å²) in [6.07, 6.45) is 0. The summed E-state index contributed by atoms with van der Waals surface area (Å²) in [6.45, 7) is 1.88. The van der Waals surface area contributed by atoms with Crippen LogP contribution in [-0.2, 0) is 4.79 Å². The van der Waals surface area contributed by atoms with Crippen LogP contribution in [0.3, 0.4) is 0 Å². The highest BCUT2D eigenvalue weighted by atomic mass is 32.1. The Bertz CT molecular complexity index is 1350. The molecule has 0 bridgehead atoms. The van der Waals surface area contributed by atoms with Crippen molar-refractivity contribution < 1.29 is 9.59 Å². The van der Waals surface area contributed by atoms with Gasteiger partial charge in [-0.05, 0) is 29.5 Å². The second-order valence-electron chi connectivity index (χ2n) is 8.15. The van der Waals surface area contributed by atoms with Gasteiger partial charge in [-0.2, -0.15) is 10.2 Å². The second-order valence-corrected chi connectivity index (χ2v) is 9.10. The Kier molecular flexibility index (Phi) is 6.11. The van der Waals surface area contributed by atoms with Crippen LogP contribution in [0.2, 0.25) is 0 Å². The van der Waals surface area contributed by atoms with Gasteiger partial charge in [-0.3, -0.25) is 9.59 Å². The summed E-state index contributed by atoms with van der Waals surface area (Å²) in [6, 6.07) is 30.4. The van der Waals surface area contributed by atoms with Crippen LogP contribution in [0.5, 0.6) is 0 Å². The van der Waals surface area contributed by atoms with Gasteiger partial charge in [0.25, 0.3) is 0 Å². The molecule has 1 unspecified atom stereocenters. The van der Waals surface area contributed by atoms with Crippen molar-refractivity contribution in [2.75, 3.05) is 0 Å². The molecule has 34 heavy (non-hydrogen) atoms. The Labute approximate surface area is 202 Å². The number of fused-ring (bicyclic) bond motifs is 1. The number of hydrogen-bond donors (Lipinski definition) is 0. The third kappa shape index (κ3) is 4.06. The third-order valence-corrected chi connectivity index (χ3v) is 7.00. The van der Waals surface area contributed by atoms with Crippen LogP contribution >= 0.6 is 11.3 Å². The summed E-state index contributed by atoms with van der Waals surface area (Å²) >= 11 is 1.57. The van der Waals surface area contributed by atoms with E-state index in [0.29, 0.717) is 16.8 Å². The van der Waals surface area contributed by atoms with E-state index in [1.165, 1.54) is 0 Å². The molecule has 0 amide bonds. The van der Waals surface area contributed by atoms with E-state index in [4.69, 9.17) is 0 Å². The summed E-state index contributed by atoms with van der Waals surface area (Å²) in [5.41, 5.74) is 4.05. The molecule has 0 fully saturated rings. The average Bonchev–Trinajstić information content (AvgIpc) is 3.51. The topological polar surface area (TPSA) is 58.9 Å². The highest BCUT2D eigenvalue weighted by Crippen LogP contribution is 2.35. The van der Waals surface area contributed by atoms with Crippen LogP contribution in [-0.4, -0.2) is 23.0 Å². The van der Waals surface area contributed by atoms with Gasteiger partial charge in [0, 0.05) is 11.1 Å². The minimum Gasteiger partial charge on any atom is -0.297 e. The lowest BCUT2D eigenvalue weighted by Crippen LogP contribution is -2.31. The van der Waals surface area contributed by atoms with Crippen molar-refractivity contribution in [3.63, 3.8) is 0 Å². The molecule has 1 heterocycles.